The number of carbonyl (C=O) groups is 1. The molecule has 0 radical (unpaired) electrons. The number of methoxy groups -OCH3 is 1. The summed E-state index contributed by atoms with van der Waals surface area (Å²) in [5.74, 6) is 0.287. The van der Waals surface area contributed by atoms with Crippen molar-refractivity contribution in [1.29, 1.82) is 0 Å². The molecule has 4 N–H and O–H groups in total. The SMILES string of the molecule is COc1ccc(NC(=O)C2(N)CCCCC2)c(O)c1. The lowest BCUT2D eigenvalue weighted by Gasteiger charge is -2.31. The van der Waals surface area contributed by atoms with Gasteiger partial charge in [0.1, 0.15) is 11.5 Å². The number of phenols is 1. The van der Waals surface area contributed by atoms with Crippen LogP contribution in [0.25, 0.3) is 0 Å². The van der Waals surface area contributed by atoms with Crippen LogP contribution >= 0.6 is 0 Å². The lowest BCUT2D eigenvalue weighted by Crippen LogP contribution is -2.52. The minimum atomic E-state index is -0.815. The zero-order valence-electron chi connectivity index (χ0n) is 11.1. The van der Waals surface area contributed by atoms with Crippen molar-refractivity contribution in [2.45, 2.75) is 37.6 Å². The molecule has 1 aromatic carbocycles. The Hall–Kier alpha value is -1.75. The van der Waals surface area contributed by atoms with Gasteiger partial charge >= 0.3 is 0 Å². The van der Waals surface area contributed by atoms with Crippen LogP contribution in [-0.4, -0.2) is 23.7 Å². The Morgan fingerprint density at radius 2 is 2.05 bits per heavy atom. The molecular formula is C14H20N2O3. The molecule has 19 heavy (non-hydrogen) atoms. The molecule has 1 aromatic rings. The molecule has 0 spiro atoms. The second-order valence-corrected chi connectivity index (χ2v) is 5.05. The molecule has 0 atom stereocenters. The molecule has 1 aliphatic carbocycles. The van der Waals surface area contributed by atoms with Gasteiger partial charge in [0.15, 0.2) is 0 Å². The number of nitrogens with two attached hydrogens (primary N) is 1. The third kappa shape index (κ3) is 2.98. The molecule has 1 saturated carbocycles. The van der Waals surface area contributed by atoms with Gasteiger partial charge in [-0.25, -0.2) is 0 Å². The third-order valence-electron chi connectivity index (χ3n) is 3.65. The van der Waals surface area contributed by atoms with Gasteiger partial charge in [0.25, 0.3) is 0 Å². The van der Waals surface area contributed by atoms with Crippen molar-refractivity contribution >= 4 is 11.6 Å². The van der Waals surface area contributed by atoms with Gasteiger partial charge in [-0.15, -0.1) is 0 Å². The van der Waals surface area contributed by atoms with E-state index < -0.39 is 5.54 Å². The van der Waals surface area contributed by atoms with Crippen LogP contribution in [0.2, 0.25) is 0 Å². The quantitative estimate of drug-likeness (QED) is 0.729. The largest absolute Gasteiger partial charge is 0.506 e. The van der Waals surface area contributed by atoms with E-state index in [1.165, 1.54) is 13.2 Å². The summed E-state index contributed by atoms with van der Waals surface area (Å²) < 4.78 is 4.99. The normalized spacial score (nSPS) is 17.8. The number of ether oxygens (including phenoxy) is 1. The van der Waals surface area contributed by atoms with E-state index in [9.17, 15) is 9.90 Å². The zero-order chi connectivity index (χ0) is 13.9. The van der Waals surface area contributed by atoms with Crippen molar-refractivity contribution in [1.82, 2.24) is 0 Å². The van der Waals surface area contributed by atoms with Crippen LogP contribution < -0.4 is 15.8 Å². The number of nitrogens with one attached hydrogen (secondary N) is 1. The molecule has 0 bridgehead atoms. The van der Waals surface area contributed by atoms with Crippen LogP contribution in [0.15, 0.2) is 18.2 Å². The molecule has 0 saturated heterocycles. The topological polar surface area (TPSA) is 84.6 Å². The van der Waals surface area contributed by atoms with E-state index in [0.717, 1.165) is 19.3 Å². The predicted octanol–water partition coefficient (Wildman–Crippen LogP) is 2.00. The molecule has 104 valence electrons. The van der Waals surface area contributed by atoms with Gasteiger partial charge in [0, 0.05) is 6.07 Å². The van der Waals surface area contributed by atoms with Gasteiger partial charge in [0.2, 0.25) is 5.91 Å². The number of hydrogen-bond donors (Lipinski definition) is 3. The van der Waals surface area contributed by atoms with Gasteiger partial charge in [-0.2, -0.15) is 0 Å². The summed E-state index contributed by atoms with van der Waals surface area (Å²) >= 11 is 0. The Morgan fingerprint density at radius 1 is 1.37 bits per heavy atom. The first kappa shape index (κ1) is 13.7. The summed E-state index contributed by atoms with van der Waals surface area (Å²) in [6, 6.07) is 4.75. The molecule has 0 unspecified atom stereocenters. The highest BCUT2D eigenvalue weighted by Gasteiger charge is 2.35. The molecule has 0 aromatic heterocycles. The van der Waals surface area contributed by atoms with Crippen molar-refractivity contribution in [3.8, 4) is 11.5 Å². The van der Waals surface area contributed by atoms with E-state index in [1.807, 2.05) is 0 Å². The summed E-state index contributed by atoms with van der Waals surface area (Å²) in [7, 11) is 1.52. The lowest BCUT2D eigenvalue weighted by molar-refractivity contribution is -0.122. The number of phenolic OH excluding ortho intramolecular Hbond substituents is 1. The molecule has 1 amide bonds. The van der Waals surface area contributed by atoms with Gasteiger partial charge < -0.3 is 20.9 Å². The third-order valence-corrected chi connectivity index (χ3v) is 3.65. The van der Waals surface area contributed by atoms with Crippen LogP contribution in [0.5, 0.6) is 11.5 Å². The number of anilines is 1. The first-order valence-corrected chi connectivity index (χ1v) is 6.52. The maximum atomic E-state index is 12.2. The average Bonchev–Trinajstić information content (AvgIpc) is 2.41. The fraction of sp³-hybridized carbons (Fsp3) is 0.500. The fourth-order valence-corrected chi connectivity index (χ4v) is 2.40. The molecule has 1 aliphatic rings. The first-order chi connectivity index (χ1) is 9.05. The second-order valence-electron chi connectivity index (χ2n) is 5.05. The van der Waals surface area contributed by atoms with Gasteiger partial charge in [-0.3, -0.25) is 4.79 Å². The smallest absolute Gasteiger partial charge is 0.244 e. The Kier molecular flexibility index (Phi) is 3.95. The summed E-state index contributed by atoms with van der Waals surface area (Å²) in [4.78, 5) is 12.2. The van der Waals surface area contributed by atoms with Crippen LogP contribution in [0.1, 0.15) is 32.1 Å². The van der Waals surface area contributed by atoms with E-state index in [2.05, 4.69) is 5.32 Å². The predicted molar refractivity (Wildman–Crippen MR) is 73.3 cm³/mol. The monoisotopic (exact) mass is 264 g/mol. The number of rotatable bonds is 3. The number of hydrogen-bond acceptors (Lipinski definition) is 4. The van der Waals surface area contributed by atoms with Crippen molar-refractivity contribution in [2.24, 2.45) is 5.73 Å². The summed E-state index contributed by atoms with van der Waals surface area (Å²) in [6.45, 7) is 0. The van der Waals surface area contributed by atoms with Gasteiger partial charge in [0.05, 0.1) is 18.3 Å². The van der Waals surface area contributed by atoms with E-state index in [-0.39, 0.29) is 11.7 Å². The first-order valence-electron chi connectivity index (χ1n) is 6.52. The van der Waals surface area contributed by atoms with E-state index >= 15 is 0 Å². The van der Waals surface area contributed by atoms with E-state index in [1.54, 1.807) is 12.1 Å². The molecule has 5 heteroatoms. The van der Waals surface area contributed by atoms with Gasteiger partial charge in [-0.1, -0.05) is 19.3 Å². The Labute approximate surface area is 112 Å². The van der Waals surface area contributed by atoms with Crippen LogP contribution in [0.3, 0.4) is 0 Å². The molecule has 0 heterocycles. The number of aromatic hydroxyl groups is 1. The zero-order valence-corrected chi connectivity index (χ0v) is 11.1. The molecule has 1 fully saturated rings. The molecule has 0 aliphatic heterocycles. The van der Waals surface area contributed by atoms with Crippen molar-refractivity contribution in [2.75, 3.05) is 12.4 Å². The second kappa shape index (κ2) is 5.48. The van der Waals surface area contributed by atoms with Crippen LogP contribution in [-0.2, 0) is 4.79 Å². The van der Waals surface area contributed by atoms with Crippen molar-refractivity contribution in [3.63, 3.8) is 0 Å². The highest BCUT2D eigenvalue weighted by atomic mass is 16.5. The average molecular weight is 264 g/mol. The fourth-order valence-electron chi connectivity index (χ4n) is 2.40. The Morgan fingerprint density at radius 3 is 2.63 bits per heavy atom. The highest BCUT2D eigenvalue weighted by molar-refractivity contribution is 5.99. The van der Waals surface area contributed by atoms with Crippen molar-refractivity contribution in [3.05, 3.63) is 18.2 Å². The molecule has 2 rings (SSSR count). The van der Waals surface area contributed by atoms with Gasteiger partial charge in [-0.05, 0) is 25.0 Å². The Bertz CT molecular complexity index is 468. The minimum Gasteiger partial charge on any atom is -0.506 e. The number of benzene rings is 1. The number of amides is 1. The van der Waals surface area contributed by atoms with Crippen molar-refractivity contribution < 1.29 is 14.6 Å². The van der Waals surface area contributed by atoms with Crippen LogP contribution in [0.4, 0.5) is 5.69 Å². The highest BCUT2D eigenvalue weighted by Crippen LogP contribution is 2.31. The van der Waals surface area contributed by atoms with Crippen LogP contribution in [0, 0.1) is 0 Å². The minimum absolute atomic E-state index is 0.0212. The standard InChI is InChI=1S/C14H20N2O3/c1-19-10-5-6-11(12(17)9-10)16-13(18)14(15)7-3-2-4-8-14/h5-6,9,17H,2-4,7-8,15H2,1H3,(H,16,18). The maximum Gasteiger partial charge on any atom is 0.244 e. The maximum absolute atomic E-state index is 12.2. The number of carbonyl (C=O) groups excluding carboxylic acids is 1. The molecule has 5 nitrogen and oxygen atoms in total. The summed E-state index contributed by atoms with van der Waals surface area (Å²) in [6.07, 6.45) is 4.45. The van der Waals surface area contributed by atoms with E-state index in [4.69, 9.17) is 10.5 Å². The lowest BCUT2D eigenvalue weighted by atomic mass is 9.82. The summed E-state index contributed by atoms with van der Waals surface area (Å²) in [5.41, 5.74) is 5.69. The summed E-state index contributed by atoms with van der Waals surface area (Å²) in [5, 5.41) is 12.5. The Balaban J connectivity index is 2.10. The molecular weight excluding hydrogens is 244 g/mol. The van der Waals surface area contributed by atoms with E-state index in [0.29, 0.717) is 24.3 Å².